The van der Waals surface area contributed by atoms with Crippen LogP contribution < -0.4 is 20.7 Å². The Morgan fingerprint density at radius 2 is 1.21 bits per heavy atom. The van der Waals surface area contributed by atoms with Gasteiger partial charge in [0.05, 0.1) is 5.70 Å². The van der Waals surface area contributed by atoms with Crippen molar-refractivity contribution in [2.75, 3.05) is 9.80 Å². The molecule has 0 amide bonds. The van der Waals surface area contributed by atoms with Crippen LogP contribution in [0.3, 0.4) is 0 Å². The fourth-order valence-electron chi connectivity index (χ4n) is 6.17. The van der Waals surface area contributed by atoms with Crippen LogP contribution in [-0.4, -0.2) is 6.71 Å². The average Bonchev–Trinajstić information content (AvgIpc) is 3.27. The molecule has 3 heteroatoms. The second-order valence-corrected chi connectivity index (χ2v) is 9.92. The van der Waals surface area contributed by atoms with E-state index in [1.165, 1.54) is 44.2 Å². The van der Waals surface area contributed by atoms with Crippen molar-refractivity contribution in [3.05, 3.63) is 162 Å². The van der Waals surface area contributed by atoms with Gasteiger partial charge in [0.25, 0.3) is 6.71 Å². The van der Waals surface area contributed by atoms with E-state index in [4.69, 9.17) is 0 Å². The smallest absolute Gasteiger partial charge is 0.259 e. The fourth-order valence-corrected chi connectivity index (χ4v) is 6.17. The third-order valence-electron chi connectivity index (χ3n) is 7.80. The van der Waals surface area contributed by atoms with Gasteiger partial charge in [0.1, 0.15) is 0 Å². The highest BCUT2D eigenvalue weighted by Gasteiger charge is 2.41. The zero-order chi connectivity index (χ0) is 25.1. The van der Waals surface area contributed by atoms with Crippen LogP contribution >= 0.6 is 0 Å². The molecule has 0 radical (unpaired) electrons. The van der Waals surface area contributed by atoms with Gasteiger partial charge in [0.2, 0.25) is 0 Å². The summed E-state index contributed by atoms with van der Waals surface area (Å²) in [6.45, 7) is 0.0777. The third-order valence-corrected chi connectivity index (χ3v) is 7.80. The van der Waals surface area contributed by atoms with Crippen molar-refractivity contribution >= 4 is 51.2 Å². The van der Waals surface area contributed by atoms with E-state index in [1.54, 1.807) is 0 Å². The zero-order valence-corrected chi connectivity index (χ0v) is 20.8. The first-order valence-electron chi connectivity index (χ1n) is 13.1. The van der Waals surface area contributed by atoms with Crippen LogP contribution in [0.1, 0.15) is 0 Å². The number of benzene rings is 5. The van der Waals surface area contributed by atoms with Gasteiger partial charge in [-0.05, 0) is 75.7 Å². The molecule has 2 aliphatic heterocycles. The standard InChI is InChI=1S/C35H23BN2/c1-2-13-27(14-3-1)38-34-19-9-7-17-31(34)36-30-16-6-8-18-33(30)37(28-15-10-20-35(38)32(36)24-28)29-22-21-25-11-4-5-12-26(25)23-29/h1-23H. The predicted octanol–water partition coefficient (Wildman–Crippen LogP) is 7.15. The number of allylic oxidation sites excluding steroid dienone is 3. The summed E-state index contributed by atoms with van der Waals surface area (Å²) in [6, 6.07) is 43.6. The lowest BCUT2D eigenvalue weighted by molar-refractivity contribution is 1.19. The number of rotatable bonds is 2. The minimum absolute atomic E-state index is 0.0777. The highest BCUT2D eigenvalue weighted by atomic mass is 15.2. The average molecular weight is 482 g/mol. The van der Waals surface area contributed by atoms with Crippen molar-refractivity contribution in [2.45, 2.75) is 0 Å². The molecule has 5 aromatic rings. The van der Waals surface area contributed by atoms with E-state index >= 15 is 0 Å². The second kappa shape index (κ2) is 8.28. The van der Waals surface area contributed by atoms with Crippen molar-refractivity contribution in [1.82, 2.24) is 0 Å². The quantitative estimate of drug-likeness (QED) is 0.195. The maximum absolute atomic E-state index is 3.93. The van der Waals surface area contributed by atoms with E-state index in [0.29, 0.717) is 0 Å². The fraction of sp³-hybridized carbons (Fsp3) is 0. The van der Waals surface area contributed by atoms with Crippen molar-refractivity contribution in [3.63, 3.8) is 0 Å². The van der Waals surface area contributed by atoms with E-state index in [2.05, 4.69) is 155 Å². The summed E-state index contributed by atoms with van der Waals surface area (Å²) < 4.78 is 0. The van der Waals surface area contributed by atoms with Gasteiger partial charge in [-0.3, -0.25) is 0 Å². The summed E-state index contributed by atoms with van der Waals surface area (Å²) >= 11 is 0. The molecule has 8 rings (SSSR count). The van der Waals surface area contributed by atoms with Crippen LogP contribution in [0.5, 0.6) is 0 Å². The molecule has 0 atom stereocenters. The largest absolute Gasteiger partial charge is 0.311 e. The molecule has 2 nitrogen and oxygen atoms in total. The van der Waals surface area contributed by atoms with Crippen LogP contribution in [-0.2, 0) is 0 Å². The third kappa shape index (κ3) is 3.10. The first-order valence-corrected chi connectivity index (χ1v) is 13.1. The Bertz CT molecular complexity index is 1880. The molecule has 2 bridgehead atoms. The zero-order valence-electron chi connectivity index (χ0n) is 20.8. The maximum Gasteiger partial charge on any atom is 0.259 e. The monoisotopic (exact) mass is 482 g/mol. The number of nitrogens with zero attached hydrogens (tertiary/aromatic N) is 2. The minimum atomic E-state index is 0.0777. The Morgan fingerprint density at radius 1 is 0.553 bits per heavy atom. The second-order valence-electron chi connectivity index (χ2n) is 9.92. The highest BCUT2D eigenvalue weighted by molar-refractivity contribution is 6.94. The van der Waals surface area contributed by atoms with Crippen molar-refractivity contribution < 1.29 is 0 Å². The molecule has 0 aromatic heterocycles. The van der Waals surface area contributed by atoms with E-state index in [0.717, 1.165) is 17.1 Å². The molecule has 38 heavy (non-hydrogen) atoms. The van der Waals surface area contributed by atoms with Crippen molar-refractivity contribution in [3.8, 4) is 0 Å². The van der Waals surface area contributed by atoms with Crippen LogP contribution in [0, 0.1) is 0 Å². The lowest BCUT2D eigenvalue weighted by atomic mass is 9.34. The van der Waals surface area contributed by atoms with E-state index in [9.17, 15) is 0 Å². The summed E-state index contributed by atoms with van der Waals surface area (Å²) in [5, 5.41) is 2.47. The Morgan fingerprint density at radius 3 is 2.00 bits per heavy atom. The van der Waals surface area contributed by atoms with Gasteiger partial charge < -0.3 is 9.80 Å². The van der Waals surface area contributed by atoms with Gasteiger partial charge in [-0.25, -0.2) is 0 Å². The van der Waals surface area contributed by atoms with Crippen LogP contribution in [0.15, 0.2) is 162 Å². The van der Waals surface area contributed by atoms with E-state index < -0.39 is 0 Å². The molecule has 176 valence electrons. The number of fused-ring (bicyclic) bond motifs is 5. The molecule has 1 aliphatic carbocycles. The molecular formula is C35H23BN2. The first-order chi connectivity index (χ1) is 18.9. The molecule has 0 spiro atoms. The Hall–Kier alpha value is -4.98. The topological polar surface area (TPSA) is 6.48 Å². The summed E-state index contributed by atoms with van der Waals surface area (Å²) in [7, 11) is 0. The Labute approximate surface area is 222 Å². The summed E-state index contributed by atoms with van der Waals surface area (Å²) in [6.07, 6.45) is 6.62. The van der Waals surface area contributed by atoms with Crippen LogP contribution in [0.2, 0.25) is 0 Å². The van der Waals surface area contributed by atoms with Crippen LogP contribution in [0.4, 0.5) is 22.7 Å². The molecule has 0 fully saturated rings. The lowest BCUT2D eigenvalue weighted by Gasteiger charge is -2.38. The number of para-hydroxylation sites is 3. The molecule has 0 unspecified atom stereocenters. The van der Waals surface area contributed by atoms with Crippen molar-refractivity contribution in [2.24, 2.45) is 0 Å². The lowest BCUT2D eigenvalue weighted by Crippen LogP contribution is -2.52. The number of hydrogen-bond donors (Lipinski definition) is 0. The minimum Gasteiger partial charge on any atom is -0.311 e. The molecule has 3 aliphatic rings. The van der Waals surface area contributed by atoms with E-state index in [1.807, 2.05) is 0 Å². The van der Waals surface area contributed by atoms with Gasteiger partial charge in [-0.15, -0.1) is 0 Å². The highest BCUT2D eigenvalue weighted by Crippen LogP contribution is 2.41. The van der Waals surface area contributed by atoms with Gasteiger partial charge in [0.15, 0.2) is 0 Å². The van der Waals surface area contributed by atoms with Gasteiger partial charge in [-0.1, -0.05) is 96.7 Å². The summed E-state index contributed by atoms with van der Waals surface area (Å²) in [5.74, 6) is 0. The summed E-state index contributed by atoms with van der Waals surface area (Å²) in [4.78, 5) is 4.76. The van der Waals surface area contributed by atoms with Crippen LogP contribution in [0.25, 0.3) is 10.8 Å². The van der Waals surface area contributed by atoms with E-state index in [-0.39, 0.29) is 6.71 Å². The SMILES string of the molecule is C1=C2B3c4ccccc4N(c4ccc5ccccc5c4)C=1C=CC=C2N(c1ccccc1)c1ccccc13. The number of hydrogen-bond acceptors (Lipinski definition) is 2. The molecule has 0 saturated carbocycles. The molecule has 0 N–H and O–H groups in total. The van der Waals surface area contributed by atoms with Crippen molar-refractivity contribution in [1.29, 1.82) is 0 Å². The van der Waals surface area contributed by atoms with Gasteiger partial charge >= 0.3 is 0 Å². The molecular weight excluding hydrogens is 459 g/mol. The normalized spacial score (nSPS) is 15.2. The predicted molar refractivity (Wildman–Crippen MR) is 160 cm³/mol. The molecule has 5 aromatic carbocycles. The van der Waals surface area contributed by atoms with Gasteiger partial charge in [-0.2, -0.15) is 0 Å². The maximum atomic E-state index is 3.93. The Balaban J connectivity index is 1.44. The summed E-state index contributed by atoms with van der Waals surface area (Å²) in [5.41, 5.74) is 14.6. The number of anilines is 4. The Kier molecular flexibility index (Phi) is 4.61. The molecule has 0 saturated heterocycles. The molecule has 2 heterocycles. The first kappa shape index (κ1) is 21.1. The van der Waals surface area contributed by atoms with Gasteiger partial charge in [0, 0.05) is 28.4 Å².